The van der Waals surface area contributed by atoms with Crippen LogP contribution in [0.5, 0.6) is 0 Å². The summed E-state index contributed by atoms with van der Waals surface area (Å²) >= 11 is 0. The molecule has 0 radical (unpaired) electrons. The summed E-state index contributed by atoms with van der Waals surface area (Å²) in [6.45, 7) is 4.36. The first kappa shape index (κ1) is 13.8. The van der Waals surface area contributed by atoms with E-state index >= 15 is 0 Å². The highest BCUT2D eigenvalue weighted by molar-refractivity contribution is 5.38. The van der Waals surface area contributed by atoms with Gasteiger partial charge in [0.1, 0.15) is 0 Å². The zero-order valence-corrected chi connectivity index (χ0v) is 11.8. The highest BCUT2D eigenvalue weighted by Crippen LogP contribution is 2.31. The van der Waals surface area contributed by atoms with Crippen molar-refractivity contribution >= 4 is 0 Å². The van der Waals surface area contributed by atoms with Crippen molar-refractivity contribution in [1.29, 1.82) is 0 Å². The SMILES string of the molecule is CCCC(N)C(c1ccccc1)c1ccccc1C. The van der Waals surface area contributed by atoms with Gasteiger partial charge in [-0.3, -0.25) is 0 Å². The maximum atomic E-state index is 6.46. The van der Waals surface area contributed by atoms with Crippen LogP contribution in [0.15, 0.2) is 54.6 Å². The van der Waals surface area contributed by atoms with E-state index in [1.807, 2.05) is 0 Å². The Morgan fingerprint density at radius 3 is 2.21 bits per heavy atom. The van der Waals surface area contributed by atoms with Gasteiger partial charge in [-0.05, 0) is 30.0 Å². The molecule has 2 aromatic rings. The Hall–Kier alpha value is -1.60. The molecule has 0 amide bonds. The number of hydrogen-bond acceptors (Lipinski definition) is 1. The first-order valence-corrected chi connectivity index (χ1v) is 7.10. The van der Waals surface area contributed by atoms with Gasteiger partial charge in [0.05, 0.1) is 0 Å². The molecule has 100 valence electrons. The molecular formula is C18H23N. The fourth-order valence-corrected chi connectivity index (χ4v) is 2.75. The molecule has 2 rings (SSSR count). The molecule has 1 nitrogen and oxygen atoms in total. The Kier molecular flexibility index (Phi) is 4.75. The molecule has 0 aliphatic heterocycles. The van der Waals surface area contributed by atoms with E-state index in [-0.39, 0.29) is 6.04 Å². The largest absolute Gasteiger partial charge is 0.327 e. The summed E-state index contributed by atoms with van der Waals surface area (Å²) in [5.74, 6) is 0.294. The first-order valence-electron chi connectivity index (χ1n) is 7.10. The number of rotatable bonds is 5. The maximum Gasteiger partial charge on any atom is 0.0243 e. The van der Waals surface area contributed by atoms with Gasteiger partial charge in [-0.2, -0.15) is 0 Å². The Labute approximate surface area is 116 Å². The number of hydrogen-bond donors (Lipinski definition) is 1. The highest BCUT2D eigenvalue weighted by Gasteiger charge is 2.22. The molecule has 19 heavy (non-hydrogen) atoms. The second-order valence-corrected chi connectivity index (χ2v) is 5.20. The molecule has 0 saturated heterocycles. The molecule has 2 N–H and O–H groups in total. The molecule has 0 aromatic heterocycles. The minimum absolute atomic E-state index is 0.175. The first-order chi connectivity index (χ1) is 9.24. The van der Waals surface area contributed by atoms with Crippen molar-refractivity contribution < 1.29 is 0 Å². The van der Waals surface area contributed by atoms with Gasteiger partial charge in [0.2, 0.25) is 0 Å². The molecule has 0 spiro atoms. The second-order valence-electron chi connectivity index (χ2n) is 5.20. The molecule has 0 bridgehead atoms. The van der Waals surface area contributed by atoms with Crippen LogP contribution >= 0.6 is 0 Å². The van der Waals surface area contributed by atoms with E-state index in [0.29, 0.717) is 5.92 Å². The van der Waals surface area contributed by atoms with Gasteiger partial charge < -0.3 is 5.73 Å². The van der Waals surface area contributed by atoms with E-state index in [1.165, 1.54) is 16.7 Å². The monoisotopic (exact) mass is 253 g/mol. The lowest BCUT2D eigenvalue weighted by Gasteiger charge is -2.26. The summed E-state index contributed by atoms with van der Waals surface area (Å²) in [4.78, 5) is 0. The van der Waals surface area contributed by atoms with Gasteiger partial charge in [-0.1, -0.05) is 67.9 Å². The van der Waals surface area contributed by atoms with Crippen LogP contribution in [0, 0.1) is 6.92 Å². The van der Waals surface area contributed by atoms with E-state index in [9.17, 15) is 0 Å². The summed E-state index contributed by atoms with van der Waals surface area (Å²) < 4.78 is 0. The quantitative estimate of drug-likeness (QED) is 0.846. The average Bonchev–Trinajstić information content (AvgIpc) is 2.43. The molecular weight excluding hydrogens is 230 g/mol. The predicted molar refractivity (Wildman–Crippen MR) is 82.3 cm³/mol. The van der Waals surface area contributed by atoms with Gasteiger partial charge in [-0.25, -0.2) is 0 Å². The van der Waals surface area contributed by atoms with Crippen LogP contribution < -0.4 is 5.73 Å². The summed E-state index contributed by atoms with van der Waals surface area (Å²) in [7, 11) is 0. The van der Waals surface area contributed by atoms with Crippen molar-refractivity contribution in [3.05, 3.63) is 71.3 Å². The standard InChI is InChI=1S/C18H23N/c1-3-9-17(19)18(15-11-5-4-6-12-15)16-13-8-7-10-14(16)2/h4-8,10-13,17-18H,3,9,19H2,1-2H3. The minimum atomic E-state index is 0.175. The van der Waals surface area contributed by atoms with E-state index in [1.54, 1.807) is 0 Å². The smallest absolute Gasteiger partial charge is 0.0243 e. The van der Waals surface area contributed by atoms with E-state index in [2.05, 4.69) is 68.4 Å². The second kappa shape index (κ2) is 6.53. The molecule has 0 aliphatic rings. The van der Waals surface area contributed by atoms with Gasteiger partial charge in [-0.15, -0.1) is 0 Å². The van der Waals surface area contributed by atoms with Crippen molar-refractivity contribution in [2.75, 3.05) is 0 Å². The van der Waals surface area contributed by atoms with Crippen LogP contribution in [0.4, 0.5) is 0 Å². The molecule has 0 fully saturated rings. The van der Waals surface area contributed by atoms with Crippen LogP contribution in [0.2, 0.25) is 0 Å². The Balaban J connectivity index is 2.43. The molecule has 0 aliphatic carbocycles. The third kappa shape index (κ3) is 3.24. The molecule has 0 saturated carbocycles. The predicted octanol–water partition coefficient (Wildman–Crippen LogP) is 4.25. The van der Waals surface area contributed by atoms with Crippen molar-refractivity contribution in [2.24, 2.45) is 5.73 Å². The van der Waals surface area contributed by atoms with E-state index in [4.69, 9.17) is 5.73 Å². The third-order valence-electron chi connectivity index (χ3n) is 3.73. The van der Waals surface area contributed by atoms with Crippen LogP contribution in [0.25, 0.3) is 0 Å². The van der Waals surface area contributed by atoms with Crippen molar-refractivity contribution in [3.8, 4) is 0 Å². The maximum absolute atomic E-state index is 6.46. The lowest BCUT2D eigenvalue weighted by Crippen LogP contribution is -2.29. The fourth-order valence-electron chi connectivity index (χ4n) is 2.75. The Morgan fingerprint density at radius 1 is 0.947 bits per heavy atom. The van der Waals surface area contributed by atoms with Gasteiger partial charge in [0.15, 0.2) is 0 Å². The van der Waals surface area contributed by atoms with Crippen molar-refractivity contribution in [1.82, 2.24) is 0 Å². The lowest BCUT2D eigenvalue weighted by molar-refractivity contribution is 0.542. The van der Waals surface area contributed by atoms with E-state index < -0.39 is 0 Å². The number of aryl methyl sites for hydroxylation is 1. The van der Waals surface area contributed by atoms with Gasteiger partial charge >= 0.3 is 0 Å². The Bertz CT molecular complexity index is 504. The Morgan fingerprint density at radius 2 is 1.58 bits per heavy atom. The average molecular weight is 253 g/mol. The molecule has 2 unspecified atom stereocenters. The van der Waals surface area contributed by atoms with Crippen LogP contribution in [-0.4, -0.2) is 6.04 Å². The fraction of sp³-hybridized carbons (Fsp3) is 0.333. The van der Waals surface area contributed by atoms with Crippen LogP contribution in [0.1, 0.15) is 42.4 Å². The van der Waals surface area contributed by atoms with Crippen molar-refractivity contribution in [3.63, 3.8) is 0 Å². The summed E-state index contributed by atoms with van der Waals surface area (Å²) in [6.07, 6.45) is 2.17. The molecule has 2 aromatic carbocycles. The third-order valence-corrected chi connectivity index (χ3v) is 3.73. The summed E-state index contributed by atoms with van der Waals surface area (Å²) in [6, 6.07) is 19.4. The zero-order chi connectivity index (χ0) is 13.7. The highest BCUT2D eigenvalue weighted by atomic mass is 14.6. The van der Waals surface area contributed by atoms with Crippen LogP contribution in [-0.2, 0) is 0 Å². The van der Waals surface area contributed by atoms with Gasteiger partial charge in [0, 0.05) is 12.0 Å². The van der Waals surface area contributed by atoms with E-state index in [0.717, 1.165) is 12.8 Å². The zero-order valence-electron chi connectivity index (χ0n) is 11.8. The van der Waals surface area contributed by atoms with Crippen LogP contribution in [0.3, 0.4) is 0 Å². The molecule has 1 heteroatoms. The summed E-state index contributed by atoms with van der Waals surface area (Å²) in [5, 5.41) is 0. The lowest BCUT2D eigenvalue weighted by atomic mass is 9.82. The normalized spacial score (nSPS) is 14.1. The number of benzene rings is 2. The topological polar surface area (TPSA) is 26.0 Å². The number of nitrogens with two attached hydrogens (primary N) is 1. The minimum Gasteiger partial charge on any atom is -0.327 e. The van der Waals surface area contributed by atoms with Gasteiger partial charge in [0.25, 0.3) is 0 Å². The molecule has 0 heterocycles. The summed E-state index contributed by atoms with van der Waals surface area (Å²) in [5.41, 5.74) is 10.5. The molecule has 2 atom stereocenters. The van der Waals surface area contributed by atoms with Crippen molar-refractivity contribution in [2.45, 2.75) is 38.6 Å².